The molecule has 1 N–H and O–H groups in total. The van der Waals surface area contributed by atoms with Crippen molar-refractivity contribution in [3.05, 3.63) is 5.89 Å². The largest absolute Gasteiger partial charge is 0.416 e. The van der Waals surface area contributed by atoms with E-state index in [0.717, 1.165) is 12.8 Å². The van der Waals surface area contributed by atoms with Gasteiger partial charge in [0.2, 0.25) is 11.8 Å². The van der Waals surface area contributed by atoms with Gasteiger partial charge in [0.15, 0.2) is 9.84 Å². The van der Waals surface area contributed by atoms with E-state index < -0.39 is 9.84 Å². The van der Waals surface area contributed by atoms with Crippen LogP contribution in [-0.4, -0.2) is 47.8 Å². The van der Waals surface area contributed by atoms with E-state index in [1.54, 1.807) is 0 Å². The lowest BCUT2D eigenvalue weighted by Crippen LogP contribution is -2.33. The first-order chi connectivity index (χ1) is 10.9. The van der Waals surface area contributed by atoms with Crippen molar-refractivity contribution in [1.82, 2.24) is 15.5 Å². The van der Waals surface area contributed by atoms with E-state index in [9.17, 15) is 13.2 Å². The van der Waals surface area contributed by atoms with Crippen molar-refractivity contribution in [2.45, 2.75) is 50.8 Å². The van der Waals surface area contributed by atoms with Crippen LogP contribution in [0, 0.1) is 5.92 Å². The molecule has 0 spiro atoms. The summed E-state index contributed by atoms with van der Waals surface area (Å²) in [6.07, 6.45) is 3.10. The van der Waals surface area contributed by atoms with Crippen molar-refractivity contribution < 1.29 is 17.6 Å². The van der Waals surface area contributed by atoms with Crippen LogP contribution in [0.3, 0.4) is 0 Å². The van der Waals surface area contributed by atoms with Crippen molar-refractivity contribution >= 4 is 27.5 Å². The molecule has 1 aromatic heterocycles. The predicted octanol–water partition coefficient (Wildman–Crippen LogP) is 1.44. The summed E-state index contributed by atoms with van der Waals surface area (Å²) >= 11 is 1.20. The molecule has 1 aliphatic rings. The Morgan fingerprint density at radius 3 is 2.91 bits per heavy atom. The van der Waals surface area contributed by atoms with E-state index in [4.69, 9.17) is 4.42 Å². The molecular weight excluding hydrogens is 338 g/mol. The van der Waals surface area contributed by atoms with Gasteiger partial charge in [0.1, 0.15) is 0 Å². The standard InChI is InChI=1S/C14H23N3O4S2/c1-3-4-10(2)15-12(18)8-22-14-17-16-13(21-14)7-11-5-6-23(19,20)9-11/h10-11H,3-9H2,1-2H3,(H,15,18)/t10-,11-/m1/s1. The highest BCUT2D eigenvalue weighted by Gasteiger charge is 2.29. The number of aromatic nitrogens is 2. The fourth-order valence-electron chi connectivity index (χ4n) is 2.61. The average Bonchev–Trinajstić information content (AvgIpc) is 3.03. The molecule has 1 aromatic rings. The van der Waals surface area contributed by atoms with Crippen LogP contribution in [0.1, 0.15) is 39.0 Å². The minimum Gasteiger partial charge on any atom is -0.416 e. The second-order valence-corrected chi connectivity index (χ2v) is 9.14. The van der Waals surface area contributed by atoms with Crippen molar-refractivity contribution in [2.24, 2.45) is 5.92 Å². The number of carbonyl (C=O) groups excluding carboxylic acids is 1. The summed E-state index contributed by atoms with van der Waals surface area (Å²) in [5.74, 6) is 1.09. The Morgan fingerprint density at radius 2 is 2.26 bits per heavy atom. The average molecular weight is 361 g/mol. The zero-order valence-corrected chi connectivity index (χ0v) is 15.1. The summed E-state index contributed by atoms with van der Waals surface area (Å²) in [7, 11) is -2.89. The molecule has 23 heavy (non-hydrogen) atoms. The summed E-state index contributed by atoms with van der Waals surface area (Å²) < 4.78 is 28.3. The van der Waals surface area contributed by atoms with Gasteiger partial charge in [0.25, 0.3) is 5.22 Å². The molecular formula is C14H23N3O4S2. The van der Waals surface area contributed by atoms with Gasteiger partial charge < -0.3 is 9.73 Å². The van der Waals surface area contributed by atoms with Gasteiger partial charge in [-0.1, -0.05) is 25.1 Å². The lowest BCUT2D eigenvalue weighted by Gasteiger charge is -2.11. The predicted molar refractivity (Wildman–Crippen MR) is 88.0 cm³/mol. The van der Waals surface area contributed by atoms with E-state index >= 15 is 0 Å². The van der Waals surface area contributed by atoms with Gasteiger partial charge in [-0.15, -0.1) is 10.2 Å². The van der Waals surface area contributed by atoms with Crippen LogP contribution in [0.5, 0.6) is 0 Å². The molecule has 0 aromatic carbocycles. The summed E-state index contributed by atoms with van der Waals surface area (Å²) in [6.45, 7) is 4.06. The molecule has 9 heteroatoms. The number of nitrogens with zero attached hydrogens (tertiary/aromatic N) is 2. The van der Waals surface area contributed by atoms with Gasteiger partial charge >= 0.3 is 0 Å². The first-order valence-corrected chi connectivity index (χ1v) is 10.6. The maximum absolute atomic E-state index is 11.8. The van der Waals surface area contributed by atoms with Crippen LogP contribution in [0.4, 0.5) is 0 Å². The molecule has 0 bridgehead atoms. The SMILES string of the molecule is CCC[C@@H](C)NC(=O)CSc1nnc(C[C@H]2CCS(=O)(=O)C2)o1. The molecule has 0 aliphatic carbocycles. The highest BCUT2D eigenvalue weighted by atomic mass is 32.2. The fraction of sp³-hybridized carbons (Fsp3) is 0.786. The van der Waals surface area contributed by atoms with Crippen molar-refractivity contribution in [3.8, 4) is 0 Å². The number of hydrogen-bond donors (Lipinski definition) is 1. The minimum absolute atomic E-state index is 0.0523. The van der Waals surface area contributed by atoms with Crippen molar-refractivity contribution in [3.63, 3.8) is 0 Å². The third-order valence-corrected chi connectivity index (χ3v) is 6.35. The maximum atomic E-state index is 11.8. The molecule has 7 nitrogen and oxygen atoms in total. The lowest BCUT2D eigenvalue weighted by atomic mass is 10.1. The molecule has 2 heterocycles. The number of carbonyl (C=O) groups is 1. The van der Waals surface area contributed by atoms with Gasteiger partial charge in [-0.3, -0.25) is 4.79 Å². The van der Waals surface area contributed by atoms with E-state index in [2.05, 4.69) is 22.4 Å². The van der Waals surface area contributed by atoms with E-state index in [1.165, 1.54) is 11.8 Å². The molecule has 0 saturated carbocycles. The first-order valence-electron chi connectivity index (χ1n) is 7.83. The van der Waals surface area contributed by atoms with Crippen LogP contribution < -0.4 is 5.32 Å². The van der Waals surface area contributed by atoms with Crippen LogP contribution in [0.25, 0.3) is 0 Å². The Kier molecular flexibility index (Phi) is 6.46. The zero-order valence-electron chi connectivity index (χ0n) is 13.4. The van der Waals surface area contributed by atoms with Gasteiger partial charge in [-0.2, -0.15) is 0 Å². The molecule has 130 valence electrons. The minimum atomic E-state index is -2.89. The summed E-state index contributed by atoms with van der Waals surface area (Å²) in [4.78, 5) is 11.8. The van der Waals surface area contributed by atoms with Crippen molar-refractivity contribution in [2.75, 3.05) is 17.3 Å². The molecule has 0 radical (unpaired) electrons. The summed E-state index contributed by atoms with van der Waals surface area (Å²) in [6, 6.07) is 0.163. The summed E-state index contributed by atoms with van der Waals surface area (Å²) in [5.41, 5.74) is 0. The van der Waals surface area contributed by atoms with Crippen LogP contribution in [-0.2, 0) is 21.1 Å². The van der Waals surface area contributed by atoms with Crippen molar-refractivity contribution in [1.29, 1.82) is 0 Å². The van der Waals surface area contributed by atoms with Gasteiger partial charge in [-0.05, 0) is 25.7 Å². The molecule has 1 amide bonds. The van der Waals surface area contributed by atoms with E-state index in [0.29, 0.717) is 24.0 Å². The Hall–Kier alpha value is -1.09. The lowest BCUT2D eigenvalue weighted by molar-refractivity contribution is -0.119. The third kappa shape index (κ3) is 6.14. The fourth-order valence-corrected chi connectivity index (χ4v) is 5.06. The Bertz CT molecular complexity index is 630. The monoisotopic (exact) mass is 361 g/mol. The third-order valence-electron chi connectivity index (χ3n) is 3.69. The second-order valence-electron chi connectivity index (χ2n) is 5.98. The Balaban J connectivity index is 1.75. The van der Waals surface area contributed by atoms with Crippen LogP contribution in [0.15, 0.2) is 9.64 Å². The first kappa shape index (κ1) is 18.3. The number of thioether (sulfide) groups is 1. The molecule has 2 atom stereocenters. The highest BCUT2D eigenvalue weighted by molar-refractivity contribution is 7.99. The van der Waals surface area contributed by atoms with Gasteiger partial charge in [-0.25, -0.2) is 8.42 Å². The number of amides is 1. The number of nitrogens with one attached hydrogen (secondary N) is 1. The normalized spacial score (nSPS) is 21.2. The molecule has 0 unspecified atom stereocenters. The van der Waals surface area contributed by atoms with E-state index in [1.807, 2.05) is 6.92 Å². The molecule has 1 aliphatic heterocycles. The molecule has 2 rings (SSSR count). The van der Waals surface area contributed by atoms with Crippen LogP contribution in [0.2, 0.25) is 0 Å². The highest BCUT2D eigenvalue weighted by Crippen LogP contribution is 2.23. The van der Waals surface area contributed by atoms with Gasteiger partial charge in [0.05, 0.1) is 17.3 Å². The quantitative estimate of drug-likeness (QED) is 0.699. The number of hydrogen-bond acceptors (Lipinski definition) is 7. The smallest absolute Gasteiger partial charge is 0.277 e. The van der Waals surface area contributed by atoms with Crippen LogP contribution >= 0.6 is 11.8 Å². The topological polar surface area (TPSA) is 102 Å². The maximum Gasteiger partial charge on any atom is 0.277 e. The Labute approximate surface area is 140 Å². The van der Waals surface area contributed by atoms with E-state index in [-0.39, 0.29) is 35.1 Å². The number of rotatable bonds is 8. The molecule has 1 fully saturated rings. The number of sulfone groups is 1. The summed E-state index contributed by atoms with van der Waals surface area (Å²) in [5, 5.41) is 11.1. The molecule has 1 saturated heterocycles. The Morgan fingerprint density at radius 1 is 1.48 bits per heavy atom. The second kappa shape index (κ2) is 8.14. The zero-order chi connectivity index (χ0) is 16.9. The van der Waals surface area contributed by atoms with Gasteiger partial charge in [0, 0.05) is 12.5 Å².